The smallest absolute Gasteiger partial charge is 0.567 e. The molecule has 152 valence electrons. The second-order valence-corrected chi connectivity index (χ2v) is 7.60. The third-order valence-electron chi connectivity index (χ3n) is 4.31. The summed E-state index contributed by atoms with van der Waals surface area (Å²) in [5, 5.41) is 0. The molecule has 3 nitrogen and oxygen atoms in total. The molecule has 0 saturated carbocycles. The van der Waals surface area contributed by atoms with Gasteiger partial charge in [-0.2, -0.15) is 0 Å². The number of nitrogens with two attached hydrogens (primary N) is 1. The summed E-state index contributed by atoms with van der Waals surface area (Å²) in [4.78, 5) is 1.98. The van der Waals surface area contributed by atoms with Crippen molar-refractivity contribution in [3.05, 3.63) is 114 Å². The molecule has 3 N–H and O–H groups in total. The molecule has 0 saturated heterocycles. The van der Waals surface area contributed by atoms with E-state index >= 15 is 0 Å². The summed E-state index contributed by atoms with van der Waals surface area (Å²) in [6.07, 6.45) is 0. The fourth-order valence-corrected chi connectivity index (χ4v) is 3.16. The van der Waals surface area contributed by atoms with Crippen LogP contribution in [0.5, 0.6) is 0 Å². The average Bonchev–Trinajstić information content (AvgIpc) is 2.78. The van der Waals surface area contributed by atoms with Gasteiger partial charge in [0.2, 0.25) is 0 Å². The van der Waals surface area contributed by atoms with Crippen molar-refractivity contribution in [1.29, 1.82) is 0 Å². The first-order valence-electron chi connectivity index (χ1n) is 9.51. The van der Waals surface area contributed by atoms with Crippen LogP contribution < -0.4 is 62.5 Å². The molecule has 0 aliphatic heterocycles. The van der Waals surface area contributed by atoms with Gasteiger partial charge >= 0.3 is 51.4 Å². The van der Waals surface area contributed by atoms with Crippen LogP contribution in [0.3, 0.4) is 0 Å². The molecule has 0 spiro atoms. The van der Waals surface area contributed by atoms with Crippen molar-refractivity contribution in [2.24, 2.45) is 0 Å². The van der Waals surface area contributed by atoms with Gasteiger partial charge in [0.05, 0.1) is 0 Å². The monoisotopic (exact) mass is 469 g/mol. The fraction of sp³-hybridized carbons (Fsp3) is 0.0400. The molecule has 0 bridgehead atoms. The second-order valence-electron chi connectivity index (χ2n) is 6.60. The number of thiol groups is 2. The molecule has 0 heterocycles. The third kappa shape index (κ3) is 9.04. The van der Waals surface area contributed by atoms with Gasteiger partial charge in [-0.25, -0.2) is 0 Å². The Morgan fingerprint density at radius 3 is 1.97 bits per heavy atom. The first-order chi connectivity index (χ1) is 14.6. The Morgan fingerprint density at radius 1 is 0.710 bits per heavy atom. The van der Waals surface area contributed by atoms with Crippen LogP contribution in [0.15, 0.2) is 113 Å². The van der Waals surface area contributed by atoms with E-state index in [1.807, 2.05) is 84.9 Å². The first kappa shape index (κ1) is 26.0. The van der Waals surface area contributed by atoms with Crippen molar-refractivity contribution < 1.29 is 51.4 Å². The van der Waals surface area contributed by atoms with Crippen LogP contribution in [0.1, 0.15) is 5.56 Å². The second kappa shape index (κ2) is 14.0. The van der Waals surface area contributed by atoms with Crippen LogP contribution in [0, 0.1) is 0 Å². The van der Waals surface area contributed by atoms with E-state index in [1.165, 1.54) is 11.1 Å². The number of nitrogen functional groups attached to an aromatic ring is 1. The van der Waals surface area contributed by atoms with Crippen LogP contribution in [-0.4, -0.2) is 0 Å². The molecule has 0 unspecified atom stereocenters. The standard InChI is InChI=1S/C13H14N3S.C12H10S.K/c14-11-3-5-12(6-4-11)16-15-9-10-1-7-13(17)8-2-10;13-12-9-5-4-8-11(12)10-6-2-1-3-7-10;/h1-8,16-17H,9,14H2;1-9,13H;/q-1;;+1. The largest absolute Gasteiger partial charge is 1.00 e. The normalized spacial score (nSPS) is 9.74. The third-order valence-corrected chi connectivity index (χ3v) is 4.99. The Kier molecular flexibility index (Phi) is 11.8. The molecule has 4 aromatic carbocycles. The minimum atomic E-state index is 0. The first-order valence-corrected chi connectivity index (χ1v) is 10.4. The maximum Gasteiger partial charge on any atom is 1.00 e. The van der Waals surface area contributed by atoms with Crippen LogP contribution >= 0.6 is 25.3 Å². The van der Waals surface area contributed by atoms with Crippen LogP contribution in [0.4, 0.5) is 11.4 Å². The fourth-order valence-electron chi connectivity index (χ4n) is 2.72. The van der Waals surface area contributed by atoms with E-state index in [0.29, 0.717) is 6.54 Å². The van der Waals surface area contributed by atoms with Gasteiger partial charge in [0.25, 0.3) is 0 Å². The molecule has 0 atom stereocenters. The van der Waals surface area contributed by atoms with Gasteiger partial charge in [-0.3, -0.25) is 0 Å². The van der Waals surface area contributed by atoms with Crippen LogP contribution in [0.2, 0.25) is 0 Å². The SMILES string of the molecule is Nc1ccc(N[N-]Cc2ccc(S)cc2)cc1.Sc1ccccc1-c1ccccc1.[K+]. The van der Waals surface area contributed by atoms with Crippen molar-refractivity contribution in [2.45, 2.75) is 16.3 Å². The molecule has 0 aliphatic carbocycles. The summed E-state index contributed by atoms with van der Waals surface area (Å²) in [5.74, 6) is 0. The van der Waals surface area contributed by atoms with Crippen molar-refractivity contribution >= 4 is 36.6 Å². The number of hydrogen-bond donors (Lipinski definition) is 4. The maximum absolute atomic E-state index is 5.59. The Balaban J connectivity index is 0.000000220. The quantitative estimate of drug-likeness (QED) is 0.154. The average molecular weight is 470 g/mol. The van der Waals surface area contributed by atoms with Crippen LogP contribution in [0.25, 0.3) is 16.6 Å². The number of nitrogens with zero attached hydrogens (tertiary/aromatic N) is 1. The van der Waals surface area contributed by atoms with Gasteiger partial charge in [-0.05, 0) is 53.6 Å². The van der Waals surface area contributed by atoms with Crippen molar-refractivity contribution in [1.82, 2.24) is 0 Å². The molecule has 0 fully saturated rings. The summed E-state index contributed by atoms with van der Waals surface area (Å²) in [5.41, 5.74) is 18.1. The number of benzene rings is 4. The molecule has 0 aliphatic rings. The van der Waals surface area contributed by atoms with E-state index in [-0.39, 0.29) is 51.4 Å². The van der Waals surface area contributed by atoms with Gasteiger partial charge < -0.3 is 16.6 Å². The Morgan fingerprint density at radius 2 is 1.32 bits per heavy atom. The topological polar surface area (TPSA) is 52.1 Å². The predicted molar refractivity (Wildman–Crippen MR) is 134 cm³/mol. The predicted octanol–water partition coefficient (Wildman–Crippen LogP) is 4.10. The van der Waals surface area contributed by atoms with E-state index < -0.39 is 0 Å². The number of anilines is 2. The summed E-state index contributed by atoms with van der Waals surface area (Å²) in [6.45, 7) is 0.623. The van der Waals surface area contributed by atoms with Gasteiger partial charge in [0.15, 0.2) is 0 Å². The Bertz CT molecular complexity index is 995. The van der Waals surface area contributed by atoms with Crippen molar-refractivity contribution in [2.75, 3.05) is 11.2 Å². The summed E-state index contributed by atoms with van der Waals surface area (Å²) >= 11 is 8.64. The number of hydrogen-bond acceptors (Lipinski definition) is 4. The zero-order chi connectivity index (χ0) is 21.2. The molecule has 0 amide bonds. The minimum absolute atomic E-state index is 0. The molecular formula is C25H24KN3S2. The molecular weight excluding hydrogens is 446 g/mol. The van der Waals surface area contributed by atoms with E-state index in [1.54, 1.807) is 0 Å². The van der Waals surface area contributed by atoms with Crippen LogP contribution in [-0.2, 0) is 6.54 Å². The number of rotatable bonds is 5. The molecule has 4 aromatic rings. The van der Waals surface area contributed by atoms with Gasteiger partial charge in [0.1, 0.15) is 0 Å². The molecule has 0 radical (unpaired) electrons. The Hall–Kier alpha value is -1.22. The van der Waals surface area contributed by atoms with E-state index in [2.05, 4.69) is 54.3 Å². The maximum atomic E-state index is 5.59. The van der Waals surface area contributed by atoms with Gasteiger partial charge in [-0.1, -0.05) is 66.2 Å². The molecule has 0 aromatic heterocycles. The number of nitrogens with one attached hydrogen (secondary N) is 1. The summed E-state index contributed by atoms with van der Waals surface area (Å²) < 4.78 is 0. The summed E-state index contributed by atoms with van der Waals surface area (Å²) in [6, 6.07) is 33.8. The zero-order valence-corrected chi connectivity index (χ0v) is 22.4. The summed E-state index contributed by atoms with van der Waals surface area (Å²) in [7, 11) is 0. The molecule has 6 heteroatoms. The van der Waals surface area contributed by atoms with Gasteiger partial charge in [-0.15, -0.1) is 31.8 Å². The van der Waals surface area contributed by atoms with Crippen molar-refractivity contribution in [3.8, 4) is 11.1 Å². The van der Waals surface area contributed by atoms with E-state index in [0.717, 1.165) is 26.7 Å². The van der Waals surface area contributed by atoms with Gasteiger partial charge in [0, 0.05) is 21.2 Å². The zero-order valence-electron chi connectivity index (χ0n) is 17.4. The Labute approximate surface area is 238 Å². The molecule has 4 rings (SSSR count). The molecule has 31 heavy (non-hydrogen) atoms. The van der Waals surface area contributed by atoms with E-state index in [4.69, 9.17) is 5.73 Å². The minimum Gasteiger partial charge on any atom is -0.567 e. The van der Waals surface area contributed by atoms with Crippen molar-refractivity contribution in [3.63, 3.8) is 0 Å². The van der Waals surface area contributed by atoms with E-state index in [9.17, 15) is 0 Å².